The predicted molar refractivity (Wildman–Crippen MR) is 85.3 cm³/mol. The van der Waals surface area contributed by atoms with Crippen LogP contribution in [0.5, 0.6) is 0 Å². The minimum Gasteiger partial charge on any atom is -0.388 e. The third kappa shape index (κ3) is 3.59. The number of amides is 1. The van der Waals surface area contributed by atoms with E-state index >= 15 is 0 Å². The summed E-state index contributed by atoms with van der Waals surface area (Å²) in [5.74, 6) is 2.44. The Morgan fingerprint density at radius 1 is 1.42 bits per heavy atom. The van der Waals surface area contributed by atoms with E-state index in [-0.39, 0.29) is 18.4 Å². The van der Waals surface area contributed by atoms with Crippen LogP contribution in [0.15, 0.2) is 10.6 Å². The Morgan fingerprint density at radius 2 is 2.17 bits per heavy atom. The number of hydrogen-bond donors (Lipinski definition) is 1. The minimum absolute atomic E-state index is 0.106. The Morgan fingerprint density at radius 3 is 2.75 bits per heavy atom. The van der Waals surface area contributed by atoms with Gasteiger partial charge in [0.05, 0.1) is 0 Å². The van der Waals surface area contributed by atoms with Gasteiger partial charge in [0.15, 0.2) is 11.0 Å². The van der Waals surface area contributed by atoms with Gasteiger partial charge in [-0.1, -0.05) is 16.8 Å². The van der Waals surface area contributed by atoms with Crippen molar-refractivity contribution < 1.29 is 14.4 Å². The van der Waals surface area contributed by atoms with Crippen LogP contribution < -0.4 is 0 Å². The first-order chi connectivity index (χ1) is 11.6. The number of hydrogen-bond acceptors (Lipinski definition) is 6. The van der Waals surface area contributed by atoms with Crippen LogP contribution in [-0.2, 0) is 24.9 Å². The van der Waals surface area contributed by atoms with Gasteiger partial charge in [-0.3, -0.25) is 4.79 Å². The Balaban J connectivity index is 1.50. The number of rotatable bonds is 5. The first kappa shape index (κ1) is 16.9. The lowest BCUT2D eigenvalue weighted by molar-refractivity contribution is -0.132. The van der Waals surface area contributed by atoms with Crippen molar-refractivity contribution in [3.8, 4) is 0 Å². The van der Waals surface area contributed by atoms with Gasteiger partial charge in [-0.05, 0) is 12.8 Å². The quantitative estimate of drug-likeness (QED) is 0.869. The molecule has 0 spiro atoms. The molecule has 1 aliphatic rings. The van der Waals surface area contributed by atoms with Gasteiger partial charge in [-0.2, -0.15) is 0 Å². The molecule has 0 aromatic carbocycles. The molecule has 3 heterocycles. The van der Waals surface area contributed by atoms with Crippen LogP contribution >= 0.6 is 11.6 Å². The van der Waals surface area contributed by atoms with Crippen molar-refractivity contribution in [3.05, 3.63) is 28.6 Å². The van der Waals surface area contributed by atoms with Crippen molar-refractivity contribution in [3.63, 3.8) is 0 Å². The van der Waals surface area contributed by atoms with Crippen molar-refractivity contribution in [1.29, 1.82) is 0 Å². The summed E-state index contributed by atoms with van der Waals surface area (Å²) >= 11 is 5.69. The molecule has 130 valence electrons. The number of carbonyl (C=O) groups is 1. The molecule has 0 aliphatic carbocycles. The molecule has 0 saturated carbocycles. The van der Waals surface area contributed by atoms with Crippen molar-refractivity contribution in [2.24, 2.45) is 7.05 Å². The van der Waals surface area contributed by atoms with E-state index in [1.807, 2.05) is 16.5 Å². The molecule has 2 aromatic rings. The molecule has 9 heteroatoms. The Kier molecular flexibility index (Phi) is 5.15. The highest BCUT2D eigenvalue weighted by atomic mass is 35.5. The highest BCUT2D eigenvalue weighted by Gasteiger charge is 2.27. The van der Waals surface area contributed by atoms with Crippen LogP contribution in [0.4, 0.5) is 0 Å². The second kappa shape index (κ2) is 7.31. The van der Waals surface area contributed by atoms with Gasteiger partial charge in [0.2, 0.25) is 5.91 Å². The molecule has 1 saturated heterocycles. The average Bonchev–Trinajstić information content (AvgIpc) is 3.18. The number of aliphatic hydroxyl groups excluding tert-OH is 1. The van der Waals surface area contributed by atoms with Crippen LogP contribution in [0.1, 0.15) is 42.6 Å². The zero-order chi connectivity index (χ0) is 17.1. The molecule has 8 nitrogen and oxygen atoms in total. The van der Waals surface area contributed by atoms with Crippen LogP contribution in [0, 0.1) is 0 Å². The molecule has 1 amide bonds. The number of likely N-dealkylation sites (tertiary alicyclic amines) is 1. The normalized spacial score (nSPS) is 15.9. The fourth-order valence-electron chi connectivity index (χ4n) is 3.05. The number of carbonyl (C=O) groups excluding carboxylic acids is 1. The van der Waals surface area contributed by atoms with Crippen LogP contribution in [0.3, 0.4) is 0 Å². The molecule has 1 fully saturated rings. The van der Waals surface area contributed by atoms with Crippen LogP contribution in [0.2, 0.25) is 5.15 Å². The van der Waals surface area contributed by atoms with Crippen molar-refractivity contribution in [2.45, 2.75) is 38.2 Å². The molecule has 1 N–H and O–H groups in total. The van der Waals surface area contributed by atoms with Crippen molar-refractivity contribution in [1.82, 2.24) is 24.8 Å². The number of aromatic nitrogens is 4. The topological polar surface area (TPSA) is 97.3 Å². The SMILES string of the molecule is Cn1c(CO)nnc1C1CCN(C(=O)CCc2cc(Cl)no2)CC1. The summed E-state index contributed by atoms with van der Waals surface area (Å²) in [5, 5.41) is 21.3. The summed E-state index contributed by atoms with van der Waals surface area (Å²) in [4.78, 5) is 14.2. The third-order valence-corrected chi connectivity index (χ3v) is 4.65. The van der Waals surface area contributed by atoms with Crippen molar-refractivity contribution in [2.75, 3.05) is 13.1 Å². The fraction of sp³-hybridized carbons (Fsp3) is 0.600. The molecule has 0 radical (unpaired) electrons. The molecule has 0 atom stereocenters. The Hall–Kier alpha value is -1.93. The summed E-state index contributed by atoms with van der Waals surface area (Å²) in [6, 6.07) is 1.63. The maximum absolute atomic E-state index is 12.3. The standard InChI is InChI=1S/C15H20ClN5O3/c1-20-13(9-22)17-18-15(20)10-4-6-21(7-5-10)14(23)3-2-11-8-12(16)19-24-11/h8,10,22H,2-7,9H2,1H3. The molecule has 0 unspecified atom stereocenters. The third-order valence-electron chi connectivity index (χ3n) is 4.47. The fourth-order valence-corrected chi connectivity index (χ4v) is 3.21. The molecule has 24 heavy (non-hydrogen) atoms. The highest BCUT2D eigenvalue weighted by molar-refractivity contribution is 6.29. The second-order valence-corrected chi connectivity index (χ2v) is 6.35. The Bertz CT molecular complexity index is 706. The van der Waals surface area contributed by atoms with E-state index in [1.54, 1.807) is 6.07 Å². The van der Waals surface area contributed by atoms with E-state index in [0.29, 0.717) is 42.7 Å². The first-order valence-electron chi connectivity index (χ1n) is 7.96. The van der Waals surface area contributed by atoms with Crippen LogP contribution in [-0.4, -0.2) is 48.9 Å². The maximum atomic E-state index is 12.3. The molecule has 2 aromatic heterocycles. The molecule has 0 bridgehead atoms. The molecular weight excluding hydrogens is 334 g/mol. The minimum atomic E-state index is -0.119. The van der Waals surface area contributed by atoms with Gasteiger partial charge in [0.1, 0.15) is 18.2 Å². The van der Waals surface area contributed by atoms with E-state index in [2.05, 4.69) is 15.4 Å². The summed E-state index contributed by atoms with van der Waals surface area (Å²) in [5.41, 5.74) is 0. The summed E-state index contributed by atoms with van der Waals surface area (Å²) in [7, 11) is 1.86. The lowest BCUT2D eigenvalue weighted by Crippen LogP contribution is -2.38. The summed E-state index contributed by atoms with van der Waals surface area (Å²) in [6.45, 7) is 1.27. The average molecular weight is 354 g/mol. The second-order valence-electron chi connectivity index (χ2n) is 5.96. The highest BCUT2D eigenvalue weighted by Crippen LogP contribution is 2.27. The van der Waals surface area contributed by atoms with Gasteiger partial charge in [0.25, 0.3) is 0 Å². The van der Waals surface area contributed by atoms with Gasteiger partial charge in [0, 0.05) is 45.0 Å². The van der Waals surface area contributed by atoms with Gasteiger partial charge in [-0.15, -0.1) is 10.2 Å². The van der Waals surface area contributed by atoms with Crippen LogP contribution in [0.25, 0.3) is 0 Å². The first-order valence-corrected chi connectivity index (χ1v) is 8.34. The monoisotopic (exact) mass is 353 g/mol. The van der Waals surface area contributed by atoms with Gasteiger partial charge in [-0.25, -0.2) is 0 Å². The van der Waals surface area contributed by atoms with Gasteiger partial charge < -0.3 is 19.1 Å². The van der Waals surface area contributed by atoms with Gasteiger partial charge >= 0.3 is 0 Å². The lowest BCUT2D eigenvalue weighted by Gasteiger charge is -2.31. The number of piperidine rings is 1. The van der Waals surface area contributed by atoms with E-state index in [1.165, 1.54) is 0 Å². The molecule has 3 rings (SSSR count). The van der Waals surface area contributed by atoms with E-state index in [4.69, 9.17) is 16.1 Å². The van der Waals surface area contributed by atoms with Crippen molar-refractivity contribution >= 4 is 17.5 Å². The molecular formula is C15H20ClN5O3. The Labute approximate surface area is 144 Å². The largest absolute Gasteiger partial charge is 0.388 e. The molecule has 1 aliphatic heterocycles. The summed E-state index contributed by atoms with van der Waals surface area (Å²) < 4.78 is 6.86. The predicted octanol–water partition coefficient (Wildman–Crippen LogP) is 1.29. The number of aliphatic hydroxyl groups is 1. The zero-order valence-electron chi connectivity index (χ0n) is 13.5. The number of halogens is 1. The van der Waals surface area contributed by atoms with E-state index in [9.17, 15) is 9.90 Å². The van der Waals surface area contributed by atoms with E-state index < -0.39 is 0 Å². The number of nitrogens with zero attached hydrogens (tertiary/aromatic N) is 5. The lowest BCUT2D eigenvalue weighted by atomic mass is 9.95. The number of aryl methyl sites for hydroxylation is 1. The smallest absolute Gasteiger partial charge is 0.223 e. The summed E-state index contributed by atoms with van der Waals surface area (Å²) in [6.07, 6.45) is 2.57. The maximum Gasteiger partial charge on any atom is 0.223 e. The van der Waals surface area contributed by atoms with E-state index in [0.717, 1.165) is 18.7 Å². The zero-order valence-corrected chi connectivity index (χ0v) is 14.2.